The number of carboxylic acid groups (broad SMARTS) is 1. The fourth-order valence-corrected chi connectivity index (χ4v) is 3.54. The minimum absolute atomic E-state index is 0.167. The number of carbonyl (C=O) groups is 1. The SMILES string of the molecule is O=C(O)C1CCCN1C1CCC2CC21. The van der Waals surface area contributed by atoms with E-state index in [0.717, 1.165) is 31.2 Å². The number of aliphatic carboxylic acids is 1. The molecule has 1 heterocycles. The molecular formula is C11H17NO2. The average molecular weight is 195 g/mol. The zero-order valence-electron chi connectivity index (χ0n) is 8.35. The molecule has 4 unspecified atom stereocenters. The number of rotatable bonds is 2. The molecule has 14 heavy (non-hydrogen) atoms. The molecule has 0 bridgehead atoms. The summed E-state index contributed by atoms with van der Waals surface area (Å²) in [4.78, 5) is 13.3. The van der Waals surface area contributed by atoms with Crippen LogP contribution in [0.1, 0.15) is 32.1 Å². The molecule has 1 aliphatic heterocycles. The summed E-state index contributed by atoms with van der Waals surface area (Å²) in [5.41, 5.74) is 0. The minimum Gasteiger partial charge on any atom is -0.480 e. The van der Waals surface area contributed by atoms with Crippen LogP contribution in [0.15, 0.2) is 0 Å². The van der Waals surface area contributed by atoms with Crippen LogP contribution in [0.25, 0.3) is 0 Å². The van der Waals surface area contributed by atoms with E-state index < -0.39 is 5.97 Å². The number of likely N-dealkylation sites (tertiary alicyclic amines) is 1. The Labute approximate surface area is 84.1 Å². The topological polar surface area (TPSA) is 40.5 Å². The molecule has 1 N–H and O–H groups in total. The van der Waals surface area contributed by atoms with E-state index in [9.17, 15) is 4.79 Å². The van der Waals surface area contributed by atoms with Crippen molar-refractivity contribution in [2.24, 2.45) is 11.8 Å². The number of hydrogen-bond acceptors (Lipinski definition) is 2. The molecule has 2 saturated carbocycles. The minimum atomic E-state index is -0.605. The Balaban J connectivity index is 1.73. The van der Waals surface area contributed by atoms with E-state index in [1.165, 1.54) is 19.3 Å². The van der Waals surface area contributed by atoms with Gasteiger partial charge in [-0.3, -0.25) is 9.69 Å². The zero-order valence-corrected chi connectivity index (χ0v) is 8.35. The van der Waals surface area contributed by atoms with Crippen molar-refractivity contribution in [2.75, 3.05) is 6.54 Å². The molecular weight excluding hydrogens is 178 g/mol. The Bertz CT molecular complexity index is 266. The van der Waals surface area contributed by atoms with Gasteiger partial charge in [0.05, 0.1) is 0 Å². The van der Waals surface area contributed by atoms with Crippen molar-refractivity contribution in [2.45, 2.75) is 44.2 Å². The normalized spacial score (nSPS) is 46.6. The molecule has 0 aromatic rings. The fraction of sp³-hybridized carbons (Fsp3) is 0.909. The van der Waals surface area contributed by atoms with Gasteiger partial charge in [-0.1, -0.05) is 0 Å². The Morgan fingerprint density at radius 2 is 2.14 bits per heavy atom. The van der Waals surface area contributed by atoms with Gasteiger partial charge in [0.25, 0.3) is 0 Å². The van der Waals surface area contributed by atoms with E-state index >= 15 is 0 Å². The average Bonchev–Trinajstić information content (AvgIpc) is 2.64. The molecule has 1 saturated heterocycles. The van der Waals surface area contributed by atoms with E-state index in [2.05, 4.69) is 4.90 Å². The highest BCUT2D eigenvalue weighted by molar-refractivity contribution is 5.73. The molecule has 78 valence electrons. The first-order valence-corrected chi connectivity index (χ1v) is 5.76. The van der Waals surface area contributed by atoms with E-state index in [1.807, 2.05) is 0 Å². The van der Waals surface area contributed by atoms with Gasteiger partial charge in [-0.15, -0.1) is 0 Å². The summed E-state index contributed by atoms with van der Waals surface area (Å²) in [7, 11) is 0. The maximum atomic E-state index is 11.0. The van der Waals surface area contributed by atoms with Gasteiger partial charge < -0.3 is 5.11 Å². The Morgan fingerprint density at radius 3 is 2.71 bits per heavy atom. The van der Waals surface area contributed by atoms with Gasteiger partial charge in [0.15, 0.2) is 0 Å². The third-order valence-corrected chi connectivity index (χ3v) is 4.31. The van der Waals surface area contributed by atoms with Gasteiger partial charge in [-0.05, 0) is 50.5 Å². The first kappa shape index (κ1) is 8.72. The second-order valence-corrected chi connectivity index (χ2v) is 5.04. The van der Waals surface area contributed by atoms with Crippen molar-refractivity contribution in [1.82, 2.24) is 4.90 Å². The highest BCUT2D eigenvalue weighted by atomic mass is 16.4. The molecule has 0 aromatic heterocycles. The summed E-state index contributed by atoms with van der Waals surface area (Å²) in [6.07, 6.45) is 5.90. The van der Waals surface area contributed by atoms with E-state index in [1.54, 1.807) is 0 Å². The van der Waals surface area contributed by atoms with E-state index in [-0.39, 0.29) is 6.04 Å². The van der Waals surface area contributed by atoms with E-state index in [4.69, 9.17) is 5.11 Å². The highest BCUT2D eigenvalue weighted by Crippen LogP contribution is 2.54. The zero-order chi connectivity index (χ0) is 9.71. The molecule has 3 nitrogen and oxygen atoms in total. The maximum Gasteiger partial charge on any atom is 0.320 e. The molecule has 0 amide bonds. The molecule has 0 radical (unpaired) electrons. The second-order valence-electron chi connectivity index (χ2n) is 5.04. The van der Waals surface area contributed by atoms with Crippen molar-refractivity contribution in [3.63, 3.8) is 0 Å². The lowest BCUT2D eigenvalue weighted by Crippen LogP contribution is -2.43. The predicted molar refractivity (Wildman–Crippen MR) is 52.0 cm³/mol. The van der Waals surface area contributed by atoms with Gasteiger partial charge in [0.2, 0.25) is 0 Å². The van der Waals surface area contributed by atoms with E-state index in [0.29, 0.717) is 6.04 Å². The van der Waals surface area contributed by atoms with Crippen LogP contribution < -0.4 is 0 Å². The molecule has 3 heteroatoms. The number of hydrogen-bond donors (Lipinski definition) is 1. The van der Waals surface area contributed by atoms with Crippen LogP contribution in [-0.2, 0) is 4.79 Å². The lowest BCUT2D eigenvalue weighted by molar-refractivity contribution is -0.143. The molecule has 3 aliphatic rings. The maximum absolute atomic E-state index is 11.0. The van der Waals surface area contributed by atoms with Gasteiger partial charge in [-0.25, -0.2) is 0 Å². The lowest BCUT2D eigenvalue weighted by atomic mass is 10.1. The summed E-state index contributed by atoms with van der Waals surface area (Å²) >= 11 is 0. The van der Waals surface area contributed by atoms with Crippen LogP contribution in [0, 0.1) is 11.8 Å². The summed E-state index contributed by atoms with van der Waals surface area (Å²) in [5.74, 6) is 1.21. The predicted octanol–water partition coefficient (Wildman–Crippen LogP) is 1.33. The Hall–Kier alpha value is -0.570. The van der Waals surface area contributed by atoms with Crippen molar-refractivity contribution in [3.8, 4) is 0 Å². The summed E-state index contributed by atoms with van der Waals surface area (Å²) in [6.45, 7) is 1.02. The first-order chi connectivity index (χ1) is 6.77. The van der Waals surface area contributed by atoms with Crippen LogP contribution in [0.4, 0.5) is 0 Å². The molecule has 0 spiro atoms. The monoisotopic (exact) mass is 195 g/mol. The van der Waals surface area contributed by atoms with Crippen molar-refractivity contribution < 1.29 is 9.90 Å². The molecule has 0 aromatic carbocycles. The number of carboxylic acids is 1. The lowest BCUT2D eigenvalue weighted by Gasteiger charge is -2.29. The van der Waals surface area contributed by atoms with Gasteiger partial charge >= 0.3 is 5.97 Å². The summed E-state index contributed by atoms with van der Waals surface area (Å²) in [6, 6.07) is 0.447. The van der Waals surface area contributed by atoms with Crippen LogP contribution in [0.5, 0.6) is 0 Å². The molecule has 2 aliphatic carbocycles. The van der Waals surface area contributed by atoms with Crippen molar-refractivity contribution in [3.05, 3.63) is 0 Å². The third kappa shape index (κ3) is 1.18. The van der Waals surface area contributed by atoms with Gasteiger partial charge in [0, 0.05) is 6.04 Å². The van der Waals surface area contributed by atoms with Gasteiger partial charge in [-0.2, -0.15) is 0 Å². The van der Waals surface area contributed by atoms with Crippen LogP contribution in [-0.4, -0.2) is 34.6 Å². The summed E-state index contributed by atoms with van der Waals surface area (Å²) in [5, 5.41) is 9.10. The second kappa shape index (κ2) is 2.96. The Morgan fingerprint density at radius 1 is 1.29 bits per heavy atom. The quantitative estimate of drug-likeness (QED) is 0.722. The highest BCUT2D eigenvalue weighted by Gasteiger charge is 2.52. The first-order valence-electron chi connectivity index (χ1n) is 5.76. The van der Waals surface area contributed by atoms with Crippen molar-refractivity contribution >= 4 is 5.97 Å². The Kier molecular flexibility index (Phi) is 1.84. The molecule has 4 atom stereocenters. The number of fused-ring (bicyclic) bond motifs is 1. The smallest absolute Gasteiger partial charge is 0.320 e. The fourth-order valence-electron chi connectivity index (χ4n) is 3.54. The number of nitrogens with zero attached hydrogens (tertiary/aromatic N) is 1. The molecule has 3 rings (SSSR count). The van der Waals surface area contributed by atoms with Crippen molar-refractivity contribution in [1.29, 1.82) is 0 Å². The largest absolute Gasteiger partial charge is 0.480 e. The molecule has 3 fully saturated rings. The van der Waals surface area contributed by atoms with Gasteiger partial charge in [0.1, 0.15) is 6.04 Å². The van der Waals surface area contributed by atoms with Crippen LogP contribution in [0.3, 0.4) is 0 Å². The summed E-state index contributed by atoms with van der Waals surface area (Å²) < 4.78 is 0. The third-order valence-electron chi connectivity index (χ3n) is 4.31. The standard InChI is InChI=1S/C11H17NO2/c13-11(14)10-2-1-5-12(10)9-4-3-7-6-8(7)9/h7-10H,1-6H2,(H,13,14). The van der Waals surface area contributed by atoms with Crippen LogP contribution >= 0.6 is 0 Å². The van der Waals surface area contributed by atoms with Crippen LogP contribution in [0.2, 0.25) is 0 Å².